The smallest absolute Gasteiger partial charge is 0.194 e. The van der Waals surface area contributed by atoms with Crippen LogP contribution in [-0.4, -0.2) is 6.15 Å². The molecule has 1 aliphatic rings. The van der Waals surface area contributed by atoms with Gasteiger partial charge in [-0.05, 0) is 43.2 Å². The highest BCUT2D eigenvalue weighted by atomic mass is 32.1. The van der Waals surface area contributed by atoms with Crippen molar-refractivity contribution in [1.82, 2.24) is 0 Å². The van der Waals surface area contributed by atoms with Crippen molar-refractivity contribution in [3.05, 3.63) is 182 Å². The summed E-state index contributed by atoms with van der Waals surface area (Å²) in [7, 11) is 0. The summed E-state index contributed by atoms with van der Waals surface area (Å²) in [6.07, 6.45) is -47.9. The van der Waals surface area contributed by atoms with Crippen LogP contribution in [0.5, 0.6) is 0 Å². The molecule has 1 fully saturated rings. The number of thiazole rings is 1. The lowest BCUT2D eigenvalue weighted by Gasteiger charge is -2.46. The normalized spacial score (nSPS) is 14.8. The van der Waals surface area contributed by atoms with Crippen molar-refractivity contribution < 1.29 is 110 Å². The maximum Gasteiger partial charge on any atom is 0.416 e. The molecule has 79 heavy (non-hydrogen) atoms. The van der Waals surface area contributed by atoms with Gasteiger partial charge in [-0.1, -0.05) is 122 Å². The fraction of sp³-hybridized carbons (Fsp3) is 0.288. The van der Waals surface area contributed by atoms with E-state index in [1.807, 2.05) is 11.3 Å². The topological polar surface area (TPSA) is 3.88 Å². The number of alkyl halides is 24. The number of halogens is 24. The number of rotatable bonds is 7. The van der Waals surface area contributed by atoms with Crippen molar-refractivity contribution in [3.8, 4) is 0 Å². The second-order valence-corrected chi connectivity index (χ2v) is 19.6. The molecule has 0 N–H and O–H groups in total. The van der Waals surface area contributed by atoms with E-state index in [0.29, 0.717) is 0 Å². The quantitative estimate of drug-likeness (QED) is 0.0851. The van der Waals surface area contributed by atoms with Gasteiger partial charge in [0.15, 0.2) is 6.54 Å². The third-order valence-electron chi connectivity index (χ3n) is 13.2. The number of fused-ring (bicyclic) bond motifs is 1. The SMILES string of the molecule is FC(F)(F)c1cc([B-](c2cc(C(F)(F)F)cc(C(F)(F)F)c2)(c2cc(C(F)(F)F)cc(C(F)(F)F)c2)c2cc(C(F)(F)F)cc(C(F)(F)F)c2)cc(C(F)(F)F)c1.c1ccc(C[n+]2c(C3CCCCC3)sc3ccccc32)cc1. The Bertz CT molecular complexity index is 2860. The van der Waals surface area contributed by atoms with E-state index in [2.05, 4.69) is 59.2 Å². The van der Waals surface area contributed by atoms with Crippen molar-refractivity contribution in [1.29, 1.82) is 0 Å². The summed E-state index contributed by atoms with van der Waals surface area (Å²) in [6.45, 7) is 0.997. The van der Waals surface area contributed by atoms with E-state index in [-0.39, 0.29) is 0 Å². The molecule has 0 saturated heterocycles. The molecule has 424 valence electrons. The average molecular weight is 1170 g/mol. The first kappa shape index (κ1) is 60.2. The molecule has 1 nitrogen and oxygen atoms in total. The van der Waals surface area contributed by atoms with E-state index < -0.39 is 195 Å². The minimum atomic E-state index is -6.13. The van der Waals surface area contributed by atoms with Crippen molar-refractivity contribution in [2.45, 2.75) is 94.0 Å². The Labute approximate surface area is 435 Å². The Morgan fingerprint density at radius 2 is 0.633 bits per heavy atom. The van der Waals surface area contributed by atoms with Crippen molar-refractivity contribution in [2.24, 2.45) is 0 Å². The van der Waals surface area contributed by atoms with Crippen LogP contribution in [-0.2, 0) is 56.0 Å². The van der Waals surface area contributed by atoms with Gasteiger partial charge in [0.1, 0.15) is 10.8 Å². The summed E-state index contributed by atoms with van der Waals surface area (Å²) in [4.78, 5) is 0. The zero-order chi connectivity index (χ0) is 58.7. The highest BCUT2D eigenvalue weighted by molar-refractivity contribution is 7.20. The molecular formula is C52H34BF24NS. The summed E-state index contributed by atoms with van der Waals surface area (Å²) in [5.41, 5.74) is -27.4. The van der Waals surface area contributed by atoms with Crippen LogP contribution in [0.15, 0.2) is 127 Å². The van der Waals surface area contributed by atoms with Crippen LogP contribution in [0.1, 0.15) is 93.1 Å². The molecule has 27 heteroatoms. The largest absolute Gasteiger partial charge is 0.416 e. The Hall–Kier alpha value is -6.41. The number of aromatic nitrogens is 1. The van der Waals surface area contributed by atoms with Crippen LogP contribution in [0.4, 0.5) is 105 Å². The molecule has 8 rings (SSSR count). The van der Waals surface area contributed by atoms with Gasteiger partial charge in [0.25, 0.3) is 0 Å². The summed E-state index contributed by atoms with van der Waals surface area (Å²) >= 11 is 2.01. The van der Waals surface area contributed by atoms with Crippen LogP contribution in [0.25, 0.3) is 10.2 Å². The van der Waals surface area contributed by atoms with Gasteiger partial charge in [0.05, 0.1) is 50.4 Å². The van der Waals surface area contributed by atoms with Crippen LogP contribution < -0.4 is 26.4 Å². The fourth-order valence-corrected chi connectivity index (χ4v) is 11.0. The number of hydrogen-bond donors (Lipinski definition) is 0. The molecule has 0 spiro atoms. The molecule has 0 aliphatic heterocycles. The third kappa shape index (κ3) is 13.4. The monoisotopic (exact) mass is 1170 g/mol. The summed E-state index contributed by atoms with van der Waals surface area (Å²) in [5, 5.41) is 1.59. The van der Waals surface area contributed by atoms with Gasteiger partial charge < -0.3 is 0 Å². The van der Waals surface area contributed by atoms with Crippen LogP contribution in [0.3, 0.4) is 0 Å². The summed E-state index contributed by atoms with van der Waals surface area (Å²) in [6, 6.07) is 10.9. The van der Waals surface area contributed by atoms with Gasteiger partial charge >= 0.3 is 49.4 Å². The highest BCUT2D eigenvalue weighted by Crippen LogP contribution is 2.42. The van der Waals surface area contributed by atoms with Gasteiger partial charge in [-0.15, -0.1) is 0 Å². The second kappa shape index (κ2) is 21.2. The minimum absolute atomic E-state index is 0.691. The second-order valence-electron chi connectivity index (χ2n) is 18.5. The first-order chi connectivity index (χ1) is 36.2. The number of benzene rings is 6. The number of hydrogen-bond acceptors (Lipinski definition) is 1. The Morgan fingerprint density at radius 3 is 0.924 bits per heavy atom. The van der Waals surface area contributed by atoms with Crippen LogP contribution >= 0.6 is 11.3 Å². The van der Waals surface area contributed by atoms with Crippen molar-refractivity contribution in [3.63, 3.8) is 0 Å². The van der Waals surface area contributed by atoms with Gasteiger partial charge in [0.2, 0.25) is 10.5 Å². The van der Waals surface area contributed by atoms with Crippen LogP contribution in [0, 0.1) is 0 Å². The molecule has 1 saturated carbocycles. The molecule has 1 aliphatic carbocycles. The first-order valence-electron chi connectivity index (χ1n) is 23.0. The lowest BCUT2D eigenvalue weighted by Crippen LogP contribution is -2.75. The molecule has 0 unspecified atom stereocenters. The van der Waals surface area contributed by atoms with E-state index in [1.165, 1.54) is 47.9 Å². The maximum absolute atomic E-state index is 14.2. The lowest BCUT2D eigenvalue weighted by molar-refractivity contribution is -0.667. The maximum atomic E-state index is 14.2. The van der Waals surface area contributed by atoms with E-state index in [9.17, 15) is 105 Å². The number of para-hydroxylation sites is 1. The molecule has 0 atom stereocenters. The van der Waals surface area contributed by atoms with E-state index in [4.69, 9.17) is 0 Å². The summed E-state index contributed by atoms with van der Waals surface area (Å²) in [5.74, 6) is 0.759. The standard InChI is InChI=1S/C32H12BF24.C20H22NS/c34-25(35,36)13-1-14(26(37,38)39)6-21(5-13)33(22-7-15(27(40,41)42)2-16(8-22)28(43,44)45,23-9-17(29(46,47)48)3-18(10-23)30(49,50)51)24-11-19(31(52,53)54)4-20(12-24)32(55,56)57;1-3-9-16(10-4-1)15-21-18-13-7-8-14-19(18)22-20(21)17-11-5-2-6-12-17/h1-12H;1,3-4,7-10,13-14,17H,2,5-6,11-12,15H2/q-1;+1. The van der Waals surface area contributed by atoms with Gasteiger partial charge in [0, 0.05) is 11.6 Å². The zero-order valence-electron chi connectivity index (χ0n) is 39.4. The van der Waals surface area contributed by atoms with Crippen LogP contribution in [0.2, 0.25) is 0 Å². The summed E-state index contributed by atoms with van der Waals surface area (Å²) < 4.78 is 345. The molecule has 0 bridgehead atoms. The zero-order valence-corrected chi connectivity index (χ0v) is 40.3. The average Bonchev–Trinajstić information content (AvgIpc) is 3.92. The van der Waals surface area contributed by atoms with E-state index >= 15 is 0 Å². The molecule has 6 aromatic carbocycles. The van der Waals surface area contributed by atoms with Gasteiger partial charge in [-0.25, -0.2) is 0 Å². The number of nitrogens with zero attached hydrogens (tertiary/aromatic N) is 1. The molecule has 0 radical (unpaired) electrons. The fourth-order valence-electron chi connectivity index (χ4n) is 9.71. The van der Waals surface area contributed by atoms with Gasteiger partial charge in [-0.2, -0.15) is 132 Å². The Kier molecular flexibility index (Phi) is 16.2. The van der Waals surface area contributed by atoms with Crippen molar-refractivity contribution in [2.75, 3.05) is 0 Å². The van der Waals surface area contributed by atoms with Gasteiger partial charge in [-0.3, -0.25) is 0 Å². The predicted octanol–water partition coefficient (Wildman–Crippen LogP) is 16.5. The lowest BCUT2D eigenvalue weighted by atomic mass is 9.12. The predicted molar refractivity (Wildman–Crippen MR) is 243 cm³/mol. The molecule has 1 aromatic heterocycles. The minimum Gasteiger partial charge on any atom is -0.194 e. The molecule has 0 amide bonds. The molecule has 7 aromatic rings. The molecular weight excluding hydrogens is 1140 g/mol. The van der Waals surface area contributed by atoms with Crippen molar-refractivity contribution >= 4 is 49.6 Å². The highest BCUT2D eigenvalue weighted by Gasteiger charge is 2.47. The Balaban J connectivity index is 0.000000336. The van der Waals surface area contributed by atoms with E-state index in [0.717, 1.165) is 12.5 Å². The first-order valence-corrected chi connectivity index (χ1v) is 23.8. The third-order valence-corrected chi connectivity index (χ3v) is 14.5. The Morgan fingerprint density at radius 1 is 0.354 bits per heavy atom. The van der Waals surface area contributed by atoms with E-state index in [1.54, 1.807) is 5.01 Å². The molecule has 1 heterocycles.